The lowest BCUT2D eigenvalue weighted by Crippen LogP contribution is -2.46. The second-order valence-electron chi connectivity index (χ2n) is 6.13. The van der Waals surface area contributed by atoms with Crippen molar-refractivity contribution in [3.63, 3.8) is 0 Å². The molecule has 0 saturated carbocycles. The second kappa shape index (κ2) is 7.81. The van der Waals surface area contributed by atoms with Gasteiger partial charge in [0.25, 0.3) is 5.91 Å². The van der Waals surface area contributed by atoms with Crippen LogP contribution in [-0.2, 0) is 0 Å². The zero-order valence-corrected chi connectivity index (χ0v) is 15.2. The van der Waals surface area contributed by atoms with Crippen molar-refractivity contribution < 1.29 is 9.53 Å². The molecule has 3 rings (SSSR count). The summed E-state index contributed by atoms with van der Waals surface area (Å²) >= 11 is 3.42. The summed E-state index contributed by atoms with van der Waals surface area (Å²) in [4.78, 5) is 12.4. The molecular weight excluding hydrogens is 368 g/mol. The number of carbonyl (C=O) groups is 1. The van der Waals surface area contributed by atoms with Crippen molar-refractivity contribution in [1.29, 1.82) is 0 Å². The molecule has 2 aromatic carbocycles. The van der Waals surface area contributed by atoms with Crippen LogP contribution < -0.4 is 15.4 Å². The molecule has 1 saturated heterocycles. The first-order valence-corrected chi connectivity index (χ1v) is 8.97. The summed E-state index contributed by atoms with van der Waals surface area (Å²) in [7, 11) is 0. The zero-order chi connectivity index (χ0) is 16.9. The number of hydrogen-bond acceptors (Lipinski definition) is 3. The number of piperidine rings is 1. The summed E-state index contributed by atoms with van der Waals surface area (Å²) in [5.41, 5.74) is 0.655. The molecule has 5 heteroatoms. The fraction of sp³-hybridized carbons (Fsp3) is 0.316. The van der Waals surface area contributed by atoms with Crippen LogP contribution in [0.15, 0.2) is 53.0 Å². The highest BCUT2D eigenvalue weighted by Gasteiger charge is 2.20. The first-order valence-electron chi connectivity index (χ1n) is 8.18. The highest BCUT2D eigenvalue weighted by Crippen LogP contribution is 2.24. The zero-order valence-electron chi connectivity index (χ0n) is 13.6. The average molecular weight is 389 g/mol. The van der Waals surface area contributed by atoms with Crippen LogP contribution in [0.4, 0.5) is 0 Å². The molecule has 1 aliphatic rings. The molecule has 2 atom stereocenters. The maximum Gasteiger partial charge on any atom is 0.251 e. The third-order valence-electron chi connectivity index (χ3n) is 4.11. The minimum absolute atomic E-state index is 0.0249. The maximum atomic E-state index is 12.4. The van der Waals surface area contributed by atoms with Crippen molar-refractivity contribution in [2.75, 3.05) is 6.54 Å². The van der Waals surface area contributed by atoms with E-state index in [1.54, 1.807) is 12.1 Å². The molecule has 1 amide bonds. The van der Waals surface area contributed by atoms with Crippen molar-refractivity contribution >= 4 is 21.8 Å². The van der Waals surface area contributed by atoms with Crippen molar-refractivity contribution in [2.24, 2.45) is 0 Å². The number of amides is 1. The van der Waals surface area contributed by atoms with Gasteiger partial charge < -0.3 is 15.4 Å². The predicted molar refractivity (Wildman–Crippen MR) is 98.6 cm³/mol. The number of nitrogens with one attached hydrogen (secondary N) is 2. The summed E-state index contributed by atoms with van der Waals surface area (Å²) in [6, 6.07) is 15.6. The average Bonchev–Trinajstić information content (AvgIpc) is 2.55. The fourth-order valence-electron chi connectivity index (χ4n) is 2.87. The Kier molecular flexibility index (Phi) is 5.53. The van der Waals surface area contributed by atoms with Crippen LogP contribution in [0.25, 0.3) is 0 Å². The molecule has 0 spiro atoms. The fourth-order valence-corrected chi connectivity index (χ4v) is 3.25. The summed E-state index contributed by atoms with van der Waals surface area (Å²) in [5.74, 6) is 1.44. The van der Waals surface area contributed by atoms with E-state index >= 15 is 0 Å². The molecular formula is C19H21BrN2O2. The molecule has 0 bridgehead atoms. The summed E-state index contributed by atoms with van der Waals surface area (Å²) < 4.78 is 6.75. The topological polar surface area (TPSA) is 50.4 Å². The Bertz CT molecular complexity index is 703. The van der Waals surface area contributed by atoms with Gasteiger partial charge in [0.1, 0.15) is 11.5 Å². The third-order valence-corrected chi connectivity index (χ3v) is 4.60. The van der Waals surface area contributed by atoms with Crippen LogP contribution in [-0.4, -0.2) is 24.5 Å². The van der Waals surface area contributed by atoms with Gasteiger partial charge in [0.15, 0.2) is 0 Å². The van der Waals surface area contributed by atoms with Crippen molar-refractivity contribution in [1.82, 2.24) is 10.6 Å². The summed E-state index contributed by atoms with van der Waals surface area (Å²) in [6.07, 6.45) is 1.94. The number of rotatable bonds is 4. The molecule has 2 N–H and O–H groups in total. The molecule has 0 radical (unpaired) electrons. The largest absolute Gasteiger partial charge is 0.457 e. The number of halogens is 1. The number of hydrogen-bond donors (Lipinski definition) is 2. The van der Waals surface area contributed by atoms with Crippen molar-refractivity contribution in [2.45, 2.75) is 31.8 Å². The number of benzene rings is 2. The molecule has 0 aliphatic carbocycles. The minimum atomic E-state index is -0.0249. The first kappa shape index (κ1) is 17.0. The van der Waals surface area contributed by atoms with Gasteiger partial charge in [0.2, 0.25) is 0 Å². The van der Waals surface area contributed by atoms with E-state index in [0.717, 1.165) is 29.6 Å². The van der Waals surface area contributed by atoms with E-state index in [1.165, 1.54) is 0 Å². The Balaban J connectivity index is 1.60. The molecule has 1 heterocycles. The predicted octanol–water partition coefficient (Wildman–Crippen LogP) is 4.11. The van der Waals surface area contributed by atoms with Gasteiger partial charge in [-0.25, -0.2) is 0 Å². The van der Waals surface area contributed by atoms with E-state index in [-0.39, 0.29) is 11.9 Å². The highest BCUT2D eigenvalue weighted by atomic mass is 79.9. The van der Waals surface area contributed by atoms with Gasteiger partial charge in [-0.05, 0) is 68.8 Å². The normalized spacial score (nSPS) is 20.4. The van der Waals surface area contributed by atoms with Crippen LogP contribution in [0.1, 0.15) is 30.1 Å². The molecule has 1 fully saturated rings. The van der Waals surface area contributed by atoms with Gasteiger partial charge in [-0.15, -0.1) is 0 Å². The van der Waals surface area contributed by atoms with E-state index in [0.29, 0.717) is 17.4 Å². The van der Waals surface area contributed by atoms with E-state index in [2.05, 4.69) is 33.5 Å². The monoisotopic (exact) mass is 388 g/mol. The quantitative estimate of drug-likeness (QED) is 0.828. The van der Waals surface area contributed by atoms with E-state index in [9.17, 15) is 4.79 Å². The molecule has 126 valence electrons. The van der Waals surface area contributed by atoms with Crippen molar-refractivity contribution in [3.05, 3.63) is 58.6 Å². The van der Waals surface area contributed by atoms with Gasteiger partial charge in [0, 0.05) is 22.1 Å². The summed E-state index contributed by atoms with van der Waals surface area (Å²) in [5, 5.41) is 6.50. The number of ether oxygens (including phenoxy) is 1. The lowest BCUT2D eigenvalue weighted by molar-refractivity contribution is 0.0925. The smallest absolute Gasteiger partial charge is 0.251 e. The molecule has 1 aliphatic heterocycles. The molecule has 2 aromatic rings. The first-order chi connectivity index (χ1) is 11.6. The Hall–Kier alpha value is -1.85. The Morgan fingerprint density at radius 2 is 2.00 bits per heavy atom. The van der Waals surface area contributed by atoms with E-state index in [1.807, 2.05) is 36.4 Å². The highest BCUT2D eigenvalue weighted by molar-refractivity contribution is 9.10. The molecule has 24 heavy (non-hydrogen) atoms. The molecule has 4 nitrogen and oxygen atoms in total. The molecule has 0 aromatic heterocycles. The minimum Gasteiger partial charge on any atom is -0.457 e. The Morgan fingerprint density at radius 3 is 2.71 bits per heavy atom. The second-order valence-corrected chi connectivity index (χ2v) is 7.05. The maximum absolute atomic E-state index is 12.4. The standard InChI is InChI=1S/C19H21BrN2O2/c1-13-11-16(9-10-21-13)22-19(23)14-5-7-17(8-6-14)24-18-4-2-3-15(20)12-18/h2-8,12-13,16,21H,9-11H2,1H3,(H,22,23). The third kappa shape index (κ3) is 4.58. The van der Waals surface area contributed by atoms with Crippen LogP contribution in [0.3, 0.4) is 0 Å². The lowest BCUT2D eigenvalue weighted by atomic mass is 10.0. The SMILES string of the molecule is CC1CC(NC(=O)c2ccc(Oc3cccc(Br)c3)cc2)CCN1. The van der Waals surface area contributed by atoms with Gasteiger partial charge in [-0.2, -0.15) is 0 Å². The Labute approximate surface area is 150 Å². The van der Waals surface area contributed by atoms with Gasteiger partial charge in [0.05, 0.1) is 0 Å². The summed E-state index contributed by atoms with van der Waals surface area (Å²) in [6.45, 7) is 3.10. The van der Waals surface area contributed by atoms with Crippen LogP contribution in [0.2, 0.25) is 0 Å². The van der Waals surface area contributed by atoms with Gasteiger partial charge in [-0.3, -0.25) is 4.79 Å². The van der Waals surface area contributed by atoms with Gasteiger partial charge >= 0.3 is 0 Å². The lowest BCUT2D eigenvalue weighted by Gasteiger charge is -2.28. The van der Waals surface area contributed by atoms with Crippen LogP contribution >= 0.6 is 15.9 Å². The Morgan fingerprint density at radius 1 is 1.21 bits per heavy atom. The van der Waals surface area contributed by atoms with E-state index in [4.69, 9.17) is 4.74 Å². The van der Waals surface area contributed by atoms with Gasteiger partial charge in [-0.1, -0.05) is 22.0 Å². The van der Waals surface area contributed by atoms with Crippen LogP contribution in [0.5, 0.6) is 11.5 Å². The number of carbonyl (C=O) groups excluding carboxylic acids is 1. The molecule has 2 unspecified atom stereocenters. The van der Waals surface area contributed by atoms with Crippen molar-refractivity contribution in [3.8, 4) is 11.5 Å². The van der Waals surface area contributed by atoms with Crippen LogP contribution in [0, 0.1) is 0 Å². The van der Waals surface area contributed by atoms with E-state index < -0.39 is 0 Å².